The minimum absolute atomic E-state index is 0.0615. The number of hydrogen-bond donors (Lipinski definition) is 1. The topological polar surface area (TPSA) is 49.4 Å². The third-order valence-electron chi connectivity index (χ3n) is 3.22. The van der Waals surface area contributed by atoms with Crippen molar-refractivity contribution in [2.75, 3.05) is 7.05 Å². The van der Waals surface area contributed by atoms with Crippen LogP contribution in [0.15, 0.2) is 53.3 Å². The Morgan fingerprint density at radius 1 is 1.21 bits per heavy atom. The first-order valence-electron chi connectivity index (χ1n) is 6.11. The van der Waals surface area contributed by atoms with Crippen molar-refractivity contribution in [2.24, 2.45) is 5.92 Å². The van der Waals surface area contributed by atoms with Crippen LogP contribution in [-0.4, -0.2) is 19.8 Å². The Kier molecular flexibility index (Phi) is 3.66. The minimum atomic E-state index is -3.50. The molecule has 1 unspecified atom stereocenters. The fraction of sp³-hybridized carbons (Fsp3) is 0.286. The van der Waals surface area contributed by atoms with Crippen molar-refractivity contribution in [1.82, 2.24) is 9.62 Å². The summed E-state index contributed by atoms with van der Waals surface area (Å²) >= 11 is 0. The van der Waals surface area contributed by atoms with E-state index < -0.39 is 10.0 Å². The number of allylic oxidation sites excluding steroid dienone is 1. The Morgan fingerprint density at radius 3 is 2.42 bits per heavy atom. The molecule has 0 aliphatic carbocycles. The number of benzene rings is 1. The van der Waals surface area contributed by atoms with E-state index in [0.29, 0.717) is 4.90 Å². The normalized spacial score (nSPS) is 18.7. The molecule has 0 saturated heterocycles. The van der Waals surface area contributed by atoms with Crippen molar-refractivity contribution >= 4 is 10.0 Å². The van der Waals surface area contributed by atoms with E-state index in [-0.39, 0.29) is 5.92 Å². The number of nitrogens with zero attached hydrogens (tertiary/aromatic N) is 1. The lowest BCUT2D eigenvalue weighted by Crippen LogP contribution is -2.31. The summed E-state index contributed by atoms with van der Waals surface area (Å²) in [6, 6.07) is 6.88. The van der Waals surface area contributed by atoms with E-state index in [1.54, 1.807) is 43.7 Å². The largest absolute Gasteiger partial charge is 0.366 e. The van der Waals surface area contributed by atoms with Crippen molar-refractivity contribution in [3.05, 3.63) is 54.0 Å². The number of nitrogens with one attached hydrogen (secondary N) is 1. The van der Waals surface area contributed by atoms with E-state index >= 15 is 0 Å². The average molecular weight is 278 g/mol. The summed E-state index contributed by atoms with van der Waals surface area (Å²) in [5.41, 5.74) is 1.76. The molecule has 0 spiro atoms. The van der Waals surface area contributed by atoms with E-state index in [4.69, 9.17) is 0 Å². The molecule has 1 aromatic rings. The van der Waals surface area contributed by atoms with Crippen LogP contribution in [0.5, 0.6) is 0 Å². The number of rotatable bonds is 3. The molecule has 0 radical (unpaired) electrons. The Labute approximate surface area is 114 Å². The van der Waals surface area contributed by atoms with Crippen LogP contribution in [0.1, 0.15) is 12.5 Å². The first-order chi connectivity index (χ1) is 8.93. The van der Waals surface area contributed by atoms with Gasteiger partial charge >= 0.3 is 0 Å². The van der Waals surface area contributed by atoms with Gasteiger partial charge < -0.3 is 5.32 Å². The van der Waals surface area contributed by atoms with Crippen LogP contribution in [0, 0.1) is 12.8 Å². The van der Waals surface area contributed by atoms with Gasteiger partial charge in [-0.1, -0.05) is 30.7 Å². The molecule has 5 heteroatoms. The van der Waals surface area contributed by atoms with Crippen molar-refractivity contribution in [1.29, 1.82) is 0 Å². The lowest BCUT2D eigenvalue weighted by molar-refractivity contribution is 0.494. The predicted octanol–water partition coefficient (Wildman–Crippen LogP) is 2.21. The second kappa shape index (κ2) is 5.09. The van der Waals surface area contributed by atoms with Crippen LogP contribution in [0.25, 0.3) is 0 Å². The molecule has 0 aromatic heterocycles. The Morgan fingerprint density at radius 2 is 1.84 bits per heavy atom. The van der Waals surface area contributed by atoms with E-state index in [1.807, 2.05) is 19.9 Å². The zero-order chi connectivity index (χ0) is 14.0. The molecule has 1 aliphatic rings. The molecule has 0 bridgehead atoms. The molecule has 0 amide bonds. The van der Waals surface area contributed by atoms with Crippen molar-refractivity contribution in [2.45, 2.75) is 18.7 Å². The van der Waals surface area contributed by atoms with Crippen LogP contribution in [0.3, 0.4) is 0 Å². The summed E-state index contributed by atoms with van der Waals surface area (Å²) in [7, 11) is -1.92. The molecule has 1 aliphatic heterocycles. The van der Waals surface area contributed by atoms with Gasteiger partial charge in [0.05, 0.1) is 10.6 Å². The summed E-state index contributed by atoms with van der Waals surface area (Å²) in [5.74, 6) is 0.0615. The molecule has 19 heavy (non-hydrogen) atoms. The molecule has 1 heterocycles. The predicted molar refractivity (Wildman–Crippen MR) is 75.7 cm³/mol. The van der Waals surface area contributed by atoms with Gasteiger partial charge in [0.2, 0.25) is 0 Å². The Bertz CT molecular complexity index is 615. The highest BCUT2D eigenvalue weighted by Gasteiger charge is 2.25. The molecule has 1 aromatic carbocycles. The van der Waals surface area contributed by atoms with Crippen molar-refractivity contribution in [3.8, 4) is 0 Å². The maximum Gasteiger partial charge on any atom is 0.263 e. The van der Waals surface area contributed by atoms with E-state index in [0.717, 1.165) is 11.3 Å². The molecule has 1 atom stereocenters. The summed E-state index contributed by atoms with van der Waals surface area (Å²) in [5, 5.41) is 2.93. The maximum absolute atomic E-state index is 12.5. The molecule has 0 saturated carbocycles. The zero-order valence-electron chi connectivity index (χ0n) is 11.3. The first kappa shape index (κ1) is 13.7. The van der Waals surface area contributed by atoms with Gasteiger partial charge in [0, 0.05) is 19.2 Å². The highest BCUT2D eigenvalue weighted by atomic mass is 32.2. The third-order valence-corrected chi connectivity index (χ3v) is 5.02. The summed E-state index contributed by atoms with van der Waals surface area (Å²) < 4.78 is 26.4. The average Bonchev–Trinajstić information content (AvgIpc) is 2.39. The number of sulfonamides is 1. The molecule has 102 valence electrons. The summed E-state index contributed by atoms with van der Waals surface area (Å²) in [6.07, 6.45) is 5.45. The number of hydrogen-bond acceptors (Lipinski definition) is 3. The SMILES string of the molecule is Cc1ccc(S(=O)(=O)N(C)C2=CNC=CC2C)cc1. The lowest BCUT2D eigenvalue weighted by Gasteiger charge is -2.27. The second-order valence-electron chi connectivity index (χ2n) is 4.67. The molecule has 1 N–H and O–H groups in total. The van der Waals surface area contributed by atoms with Gasteiger partial charge in [0.1, 0.15) is 0 Å². The van der Waals surface area contributed by atoms with Crippen LogP contribution < -0.4 is 5.32 Å². The summed E-state index contributed by atoms with van der Waals surface area (Å²) in [4.78, 5) is 0.309. The van der Waals surface area contributed by atoms with Crippen molar-refractivity contribution in [3.63, 3.8) is 0 Å². The fourth-order valence-corrected chi connectivity index (χ4v) is 3.24. The Hall–Kier alpha value is -1.75. The molecular formula is C14H18N2O2S. The molecule has 0 fully saturated rings. The molecular weight excluding hydrogens is 260 g/mol. The van der Waals surface area contributed by atoms with Crippen molar-refractivity contribution < 1.29 is 8.42 Å². The standard InChI is InChI=1S/C14H18N2O2S/c1-11-4-6-13(7-5-11)19(17,18)16(3)14-10-15-9-8-12(14)2/h4-10,12,15H,1-3H3. The highest BCUT2D eigenvalue weighted by molar-refractivity contribution is 7.89. The lowest BCUT2D eigenvalue weighted by atomic mass is 10.1. The Balaban J connectivity index is 2.34. The van der Waals surface area contributed by atoms with E-state index in [2.05, 4.69) is 5.32 Å². The van der Waals surface area contributed by atoms with Gasteiger partial charge in [-0.2, -0.15) is 0 Å². The number of aryl methyl sites for hydroxylation is 1. The highest BCUT2D eigenvalue weighted by Crippen LogP contribution is 2.24. The van der Waals surface area contributed by atoms with Crippen LogP contribution in [0.4, 0.5) is 0 Å². The maximum atomic E-state index is 12.5. The van der Waals surface area contributed by atoms with Crippen LogP contribution in [0.2, 0.25) is 0 Å². The smallest absolute Gasteiger partial charge is 0.263 e. The van der Waals surface area contributed by atoms with E-state index in [1.165, 1.54) is 4.31 Å². The monoisotopic (exact) mass is 278 g/mol. The minimum Gasteiger partial charge on any atom is -0.366 e. The second-order valence-corrected chi connectivity index (χ2v) is 6.64. The summed E-state index contributed by atoms with van der Waals surface area (Å²) in [6.45, 7) is 3.89. The number of dihydropyridines is 1. The van der Waals surface area contributed by atoms with Gasteiger partial charge in [-0.3, -0.25) is 4.31 Å². The van der Waals surface area contributed by atoms with Gasteiger partial charge in [0.25, 0.3) is 10.0 Å². The van der Waals surface area contributed by atoms with Gasteiger partial charge in [-0.05, 0) is 25.3 Å². The fourth-order valence-electron chi connectivity index (χ4n) is 1.95. The third kappa shape index (κ3) is 2.66. The molecule has 2 rings (SSSR count). The van der Waals surface area contributed by atoms with Crippen LogP contribution in [-0.2, 0) is 10.0 Å². The quantitative estimate of drug-likeness (QED) is 0.922. The molecule has 4 nitrogen and oxygen atoms in total. The van der Waals surface area contributed by atoms with Crippen LogP contribution >= 0.6 is 0 Å². The first-order valence-corrected chi connectivity index (χ1v) is 7.55. The zero-order valence-corrected chi connectivity index (χ0v) is 12.1. The van der Waals surface area contributed by atoms with Gasteiger partial charge in [-0.25, -0.2) is 8.42 Å². The van der Waals surface area contributed by atoms with Gasteiger partial charge in [0.15, 0.2) is 0 Å². The van der Waals surface area contributed by atoms with E-state index in [9.17, 15) is 8.42 Å². The van der Waals surface area contributed by atoms with Gasteiger partial charge in [-0.15, -0.1) is 0 Å².